The summed E-state index contributed by atoms with van der Waals surface area (Å²) in [6, 6.07) is 4.74. The highest BCUT2D eigenvalue weighted by atomic mass is 28.4. The largest absolute Gasteiger partial charge is 0.539 e. The minimum Gasteiger partial charge on any atom is -0.539 e. The van der Waals surface area contributed by atoms with Crippen molar-refractivity contribution in [2.75, 3.05) is 0 Å². The van der Waals surface area contributed by atoms with E-state index in [2.05, 4.69) is 41.5 Å². The highest BCUT2D eigenvalue weighted by Gasteiger charge is 2.41. The summed E-state index contributed by atoms with van der Waals surface area (Å²) in [5.41, 5.74) is 0.445. The van der Waals surface area contributed by atoms with E-state index < -0.39 is 21.6 Å². The first kappa shape index (κ1) is 24.4. The van der Waals surface area contributed by atoms with Crippen molar-refractivity contribution >= 4 is 28.3 Å². The summed E-state index contributed by atoms with van der Waals surface area (Å²) in [5, 5.41) is 11.4. The predicted molar refractivity (Wildman–Crippen MR) is 118 cm³/mol. The number of hydrogen-bond acceptors (Lipinski definition) is 5. The minimum atomic E-state index is -2.22. The van der Waals surface area contributed by atoms with Crippen molar-refractivity contribution in [3.8, 4) is 5.75 Å². The van der Waals surface area contributed by atoms with Gasteiger partial charge in [-0.15, -0.1) is 0 Å². The third-order valence-corrected chi connectivity index (χ3v) is 14.6. The maximum atomic E-state index is 12.4. The van der Waals surface area contributed by atoms with Gasteiger partial charge in [-0.25, -0.2) is 0 Å². The van der Waals surface area contributed by atoms with Crippen molar-refractivity contribution < 1.29 is 18.6 Å². The Hall–Kier alpha value is -1.68. The third-order valence-electron chi connectivity index (χ3n) is 5.91. The molecule has 0 saturated heterocycles. The number of nitro benzene ring substituents is 1. The molecule has 1 aromatic carbocycles. The van der Waals surface area contributed by atoms with Gasteiger partial charge in [0, 0.05) is 6.07 Å². The van der Waals surface area contributed by atoms with Gasteiger partial charge in [0.25, 0.3) is 22.6 Å². The van der Waals surface area contributed by atoms with Crippen LogP contribution in [0.25, 0.3) is 0 Å². The van der Waals surface area contributed by atoms with Gasteiger partial charge in [-0.05, 0) is 47.9 Å². The molecule has 0 radical (unpaired) electrons. The van der Waals surface area contributed by atoms with Gasteiger partial charge in [0.2, 0.25) is 0 Å². The molecule has 0 heterocycles. The number of benzene rings is 1. The molecule has 0 fully saturated rings. The molecule has 1 aromatic rings. The number of rotatable bonds is 6. The van der Waals surface area contributed by atoms with Crippen LogP contribution in [0.3, 0.4) is 0 Å². The van der Waals surface area contributed by atoms with Crippen molar-refractivity contribution in [2.24, 2.45) is 0 Å². The van der Waals surface area contributed by atoms with Crippen LogP contribution in [0, 0.1) is 10.1 Å². The molecule has 0 aliphatic rings. The molecule has 0 bridgehead atoms. The van der Waals surface area contributed by atoms with Crippen LogP contribution in [-0.2, 0) is 15.6 Å². The van der Waals surface area contributed by atoms with Gasteiger partial charge in [0.05, 0.1) is 11.3 Å². The molecule has 0 saturated carbocycles. The summed E-state index contributed by atoms with van der Waals surface area (Å²) in [6.45, 7) is 20.5. The number of hydrogen-bond donors (Lipinski definition) is 0. The van der Waals surface area contributed by atoms with E-state index in [-0.39, 0.29) is 33.9 Å². The van der Waals surface area contributed by atoms with E-state index in [1.54, 1.807) is 12.1 Å². The van der Waals surface area contributed by atoms with E-state index in [0.717, 1.165) is 0 Å². The average Bonchev–Trinajstić information content (AvgIpc) is 2.45. The molecule has 0 N–H and O–H groups in total. The van der Waals surface area contributed by atoms with E-state index in [9.17, 15) is 14.9 Å². The fourth-order valence-corrected chi connectivity index (χ4v) is 3.95. The van der Waals surface area contributed by atoms with E-state index >= 15 is 0 Å². The second kappa shape index (κ2) is 7.98. The van der Waals surface area contributed by atoms with E-state index in [0.29, 0.717) is 5.56 Å². The lowest BCUT2D eigenvalue weighted by Crippen LogP contribution is -2.44. The fourth-order valence-electron chi connectivity index (χ4n) is 1.97. The lowest BCUT2D eigenvalue weighted by molar-refractivity contribution is -0.385. The topological polar surface area (TPSA) is 78.7 Å². The fraction of sp³-hybridized carbons (Fsp3) is 0.650. The number of carbonyl (C=O) groups excluding carboxylic acids is 1. The minimum absolute atomic E-state index is 0.00766. The molecule has 0 aliphatic carbocycles. The van der Waals surface area contributed by atoms with Gasteiger partial charge >= 0.3 is 5.69 Å². The smallest absolute Gasteiger partial charge is 0.309 e. The van der Waals surface area contributed by atoms with Gasteiger partial charge in [-0.3, -0.25) is 14.9 Å². The van der Waals surface area contributed by atoms with Crippen LogP contribution in [0.15, 0.2) is 18.2 Å². The first-order valence-corrected chi connectivity index (χ1v) is 15.4. The van der Waals surface area contributed by atoms with Crippen LogP contribution in [0.2, 0.25) is 36.3 Å². The maximum Gasteiger partial charge on any atom is 0.309 e. The van der Waals surface area contributed by atoms with E-state index in [4.69, 9.17) is 8.85 Å². The molecular formula is C20H35NO5Si2. The Balaban J connectivity index is 3.08. The predicted octanol–water partition coefficient (Wildman–Crippen LogP) is 6.07. The van der Waals surface area contributed by atoms with E-state index in [1.807, 2.05) is 26.2 Å². The van der Waals surface area contributed by atoms with Gasteiger partial charge < -0.3 is 8.85 Å². The first-order valence-electron chi connectivity index (χ1n) is 9.55. The summed E-state index contributed by atoms with van der Waals surface area (Å²) in [7, 11) is -4.44. The van der Waals surface area contributed by atoms with Crippen LogP contribution in [-0.4, -0.2) is 27.5 Å². The van der Waals surface area contributed by atoms with Crippen molar-refractivity contribution in [1.29, 1.82) is 0 Å². The van der Waals surface area contributed by atoms with Gasteiger partial charge in [0.1, 0.15) is 0 Å². The molecule has 0 unspecified atom stereocenters. The number of nitrogens with zero attached hydrogens (tertiary/aromatic N) is 1. The molecule has 8 heteroatoms. The summed E-state index contributed by atoms with van der Waals surface area (Å²) < 4.78 is 11.9. The molecule has 6 nitrogen and oxygen atoms in total. The van der Waals surface area contributed by atoms with Gasteiger partial charge in [-0.2, -0.15) is 0 Å². The molecular weight excluding hydrogens is 390 g/mol. The monoisotopic (exact) mass is 425 g/mol. The van der Waals surface area contributed by atoms with Crippen LogP contribution in [0.1, 0.15) is 47.1 Å². The molecule has 0 aromatic heterocycles. The summed E-state index contributed by atoms with van der Waals surface area (Å²) >= 11 is 0. The second-order valence-electron chi connectivity index (χ2n) is 10.3. The summed E-state index contributed by atoms with van der Waals surface area (Å²) in [5.74, 6) is -0.0861. The Morgan fingerprint density at radius 1 is 1.00 bits per heavy atom. The lowest BCUT2D eigenvalue weighted by Gasteiger charge is -2.36. The van der Waals surface area contributed by atoms with Crippen molar-refractivity contribution in [2.45, 2.75) is 84.2 Å². The normalized spacial score (nSPS) is 13.2. The Kier molecular flexibility index (Phi) is 6.95. The highest BCUT2D eigenvalue weighted by molar-refractivity contribution is 6.75. The zero-order valence-electron chi connectivity index (χ0n) is 18.9. The second-order valence-corrected chi connectivity index (χ2v) is 19.8. The maximum absolute atomic E-state index is 12.4. The van der Waals surface area contributed by atoms with Crippen molar-refractivity contribution in [3.63, 3.8) is 0 Å². The highest BCUT2D eigenvalue weighted by Crippen LogP contribution is 2.40. The standard InChI is InChI=1S/C20H35NO5Si2/c1-19(2,3)27(7,8)25-17-12-11-15(13-16(17)21(23)24)14-18(22)26-28(9,10)20(4,5)6/h11-13H,14H2,1-10H3. The van der Waals surface area contributed by atoms with Crippen LogP contribution in [0.5, 0.6) is 5.75 Å². The Morgan fingerprint density at radius 3 is 1.93 bits per heavy atom. The Bertz CT molecular complexity index is 746. The average molecular weight is 426 g/mol. The van der Waals surface area contributed by atoms with Crippen LogP contribution in [0.4, 0.5) is 5.69 Å². The van der Waals surface area contributed by atoms with Crippen LogP contribution < -0.4 is 4.43 Å². The molecule has 0 spiro atoms. The molecule has 1 rings (SSSR count). The van der Waals surface area contributed by atoms with Crippen molar-refractivity contribution in [3.05, 3.63) is 33.9 Å². The van der Waals surface area contributed by atoms with Gasteiger partial charge in [-0.1, -0.05) is 47.6 Å². The quantitative estimate of drug-likeness (QED) is 0.314. The molecule has 28 heavy (non-hydrogen) atoms. The van der Waals surface area contributed by atoms with E-state index in [1.165, 1.54) is 6.07 Å². The first-order chi connectivity index (χ1) is 12.4. The molecule has 0 amide bonds. The Labute approximate surface area is 171 Å². The van der Waals surface area contributed by atoms with Crippen molar-refractivity contribution in [1.82, 2.24) is 0 Å². The number of nitro groups is 1. The van der Waals surface area contributed by atoms with Crippen LogP contribution >= 0.6 is 0 Å². The zero-order chi connectivity index (χ0) is 22.1. The lowest BCUT2D eigenvalue weighted by atomic mass is 10.1. The molecule has 0 atom stereocenters. The summed E-state index contributed by atoms with van der Waals surface area (Å²) in [4.78, 5) is 23.6. The summed E-state index contributed by atoms with van der Waals surface area (Å²) in [6.07, 6.45) is 0.00766. The third kappa shape index (κ3) is 5.91. The number of carbonyl (C=O) groups is 1. The molecule has 158 valence electrons. The van der Waals surface area contributed by atoms with Gasteiger partial charge in [0.15, 0.2) is 5.75 Å². The molecule has 0 aliphatic heterocycles. The Morgan fingerprint density at radius 2 is 1.50 bits per heavy atom. The zero-order valence-corrected chi connectivity index (χ0v) is 20.9. The SMILES string of the molecule is CC(C)(C)[Si](C)(C)OC(=O)Cc1ccc(O[Si](C)(C)C(C)(C)C)c([N+](=O)[O-])c1.